The molecule has 3 aromatic rings. The van der Waals surface area contributed by atoms with E-state index in [1.54, 1.807) is 30.3 Å². The smallest absolute Gasteiger partial charge is 0.333 e. The lowest BCUT2D eigenvalue weighted by Crippen LogP contribution is -2.73. The van der Waals surface area contributed by atoms with Gasteiger partial charge in [-0.2, -0.15) is 0 Å². The average molecular weight is 519 g/mol. The number of ether oxygens (including phenoxy) is 1. The van der Waals surface area contributed by atoms with Gasteiger partial charge in [-0.05, 0) is 29.3 Å². The summed E-state index contributed by atoms with van der Waals surface area (Å²) in [6.07, 6.45) is 1.04. The number of benzene rings is 3. The standard InChI is InChI=1S/C28H23ClN2O4S/c29-17-21-16-22(28(34)35-24(18-10-4-1-5-11-18)19-12-6-2-7-13-19)31-26(33)23(27(31)36-21)30-25(32)20-14-8-3-9-15-20/h1-16,22-24,27H,17H2,(H,30,32)/t22?,23?,27-/m1/s1. The van der Waals surface area contributed by atoms with Crippen LogP contribution in [0.5, 0.6) is 0 Å². The Morgan fingerprint density at radius 3 is 2.03 bits per heavy atom. The van der Waals surface area contributed by atoms with Crippen molar-refractivity contribution in [1.29, 1.82) is 0 Å². The number of carbonyl (C=O) groups excluding carboxylic acids is 3. The first-order valence-electron chi connectivity index (χ1n) is 11.5. The highest BCUT2D eigenvalue weighted by molar-refractivity contribution is 8.04. The number of hydrogen-bond donors (Lipinski definition) is 1. The minimum atomic E-state index is -0.933. The zero-order valence-corrected chi connectivity index (χ0v) is 20.7. The first-order valence-corrected chi connectivity index (χ1v) is 12.9. The van der Waals surface area contributed by atoms with Gasteiger partial charge < -0.3 is 15.0 Å². The van der Waals surface area contributed by atoms with Gasteiger partial charge in [-0.1, -0.05) is 78.9 Å². The lowest BCUT2D eigenvalue weighted by Gasteiger charge is -2.51. The number of allylic oxidation sites excluding steroid dienone is 1. The average Bonchev–Trinajstić information content (AvgIpc) is 2.94. The Kier molecular flexibility index (Phi) is 7.11. The van der Waals surface area contributed by atoms with E-state index in [2.05, 4.69) is 5.32 Å². The van der Waals surface area contributed by atoms with Crippen molar-refractivity contribution in [2.75, 3.05) is 5.88 Å². The molecule has 2 unspecified atom stereocenters. The predicted octanol–water partition coefficient (Wildman–Crippen LogP) is 4.52. The van der Waals surface area contributed by atoms with Gasteiger partial charge in [0, 0.05) is 10.5 Å². The fourth-order valence-corrected chi connectivity index (χ4v) is 5.86. The number of thioether (sulfide) groups is 1. The first kappa shape index (κ1) is 24.2. The van der Waals surface area contributed by atoms with E-state index in [0.717, 1.165) is 16.0 Å². The van der Waals surface area contributed by atoms with Gasteiger partial charge in [0.15, 0.2) is 12.1 Å². The number of amides is 2. The largest absolute Gasteiger partial charge is 0.451 e. The van der Waals surface area contributed by atoms with Gasteiger partial charge in [-0.25, -0.2) is 4.79 Å². The SMILES string of the molecule is O=C(NC1C(=O)N2C(C(=O)OC(c3ccccc3)c3ccccc3)C=C(CCl)S[C@H]12)c1ccccc1. The minimum absolute atomic E-state index is 0.188. The van der Waals surface area contributed by atoms with Crippen molar-refractivity contribution < 1.29 is 19.1 Å². The van der Waals surface area contributed by atoms with E-state index < -0.39 is 29.5 Å². The van der Waals surface area contributed by atoms with Crippen LogP contribution in [-0.2, 0) is 14.3 Å². The summed E-state index contributed by atoms with van der Waals surface area (Å²) < 4.78 is 6.02. The molecule has 1 N–H and O–H groups in total. The highest BCUT2D eigenvalue weighted by Gasteiger charge is 2.55. The molecular weight excluding hydrogens is 496 g/mol. The van der Waals surface area contributed by atoms with E-state index in [1.807, 2.05) is 66.7 Å². The third-order valence-corrected chi connectivity index (χ3v) is 7.90. The van der Waals surface area contributed by atoms with Crippen LogP contribution >= 0.6 is 23.4 Å². The van der Waals surface area contributed by atoms with Crippen molar-refractivity contribution in [1.82, 2.24) is 10.2 Å². The monoisotopic (exact) mass is 518 g/mol. The molecule has 0 bridgehead atoms. The second-order valence-corrected chi connectivity index (χ2v) is 9.93. The van der Waals surface area contributed by atoms with E-state index in [9.17, 15) is 14.4 Å². The quantitative estimate of drug-likeness (QED) is 0.283. The summed E-state index contributed by atoms with van der Waals surface area (Å²) in [6, 6.07) is 25.9. The third kappa shape index (κ3) is 4.76. The zero-order valence-electron chi connectivity index (χ0n) is 19.1. The summed E-state index contributed by atoms with van der Waals surface area (Å²) in [5.41, 5.74) is 2.11. The molecule has 0 spiro atoms. The molecule has 2 amide bonds. The normalized spacial score (nSPS) is 20.7. The molecule has 6 nitrogen and oxygen atoms in total. The lowest BCUT2D eigenvalue weighted by molar-refractivity contribution is -0.164. The molecule has 2 aliphatic heterocycles. The zero-order chi connectivity index (χ0) is 25.1. The highest BCUT2D eigenvalue weighted by atomic mass is 35.5. The van der Waals surface area contributed by atoms with E-state index >= 15 is 0 Å². The minimum Gasteiger partial charge on any atom is -0.451 e. The maximum atomic E-state index is 13.5. The van der Waals surface area contributed by atoms with Crippen LogP contribution in [0.15, 0.2) is 102 Å². The Morgan fingerprint density at radius 2 is 1.47 bits per heavy atom. The fraction of sp³-hybridized carbons (Fsp3) is 0.179. The highest BCUT2D eigenvalue weighted by Crippen LogP contribution is 2.42. The van der Waals surface area contributed by atoms with Crippen LogP contribution in [0.3, 0.4) is 0 Å². The van der Waals surface area contributed by atoms with Gasteiger partial charge in [0.2, 0.25) is 5.91 Å². The van der Waals surface area contributed by atoms with Crippen LogP contribution in [0.2, 0.25) is 0 Å². The Hall–Kier alpha value is -3.55. The van der Waals surface area contributed by atoms with Crippen LogP contribution < -0.4 is 5.32 Å². The Morgan fingerprint density at radius 1 is 0.917 bits per heavy atom. The molecule has 0 aromatic heterocycles. The number of carbonyl (C=O) groups is 3. The number of rotatable bonds is 7. The van der Waals surface area contributed by atoms with Crippen LogP contribution in [0.4, 0.5) is 0 Å². The molecule has 0 aliphatic carbocycles. The maximum Gasteiger partial charge on any atom is 0.333 e. The summed E-state index contributed by atoms with van der Waals surface area (Å²) in [5.74, 6) is -1.04. The van der Waals surface area contributed by atoms with Gasteiger partial charge in [-0.15, -0.1) is 23.4 Å². The van der Waals surface area contributed by atoms with Crippen molar-refractivity contribution in [2.24, 2.45) is 0 Å². The summed E-state index contributed by atoms with van der Waals surface area (Å²) in [6.45, 7) is 0. The van der Waals surface area contributed by atoms with Crippen LogP contribution in [0.25, 0.3) is 0 Å². The van der Waals surface area contributed by atoms with Gasteiger partial charge in [0.1, 0.15) is 11.4 Å². The summed E-state index contributed by atoms with van der Waals surface area (Å²) in [7, 11) is 0. The van der Waals surface area contributed by atoms with Gasteiger partial charge >= 0.3 is 5.97 Å². The van der Waals surface area contributed by atoms with E-state index in [-0.39, 0.29) is 17.7 Å². The molecule has 2 aliphatic rings. The predicted molar refractivity (Wildman–Crippen MR) is 139 cm³/mol. The molecule has 3 aromatic carbocycles. The molecule has 1 saturated heterocycles. The number of esters is 1. The number of halogens is 1. The van der Waals surface area contributed by atoms with Crippen molar-refractivity contribution in [3.8, 4) is 0 Å². The second-order valence-electron chi connectivity index (χ2n) is 8.42. The van der Waals surface area contributed by atoms with Crippen molar-refractivity contribution in [3.63, 3.8) is 0 Å². The Labute approximate surface area is 218 Å². The van der Waals surface area contributed by atoms with Gasteiger partial charge in [-0.3, -0.25) is 9.59 Å². The number of alkyl halides is 1. The van der Waals surface area contributed by atoms with E-state index in [0.29, 0.717) is 5.56 Å². The van der Waals surface area contributed by atoms with Crippen LogP contribution in [0.1, 0.15) is 27.6 Å². The van der Waals surface area contributed by atoms with E-state index in [1.165, 1.54) is 16.7 Å². The molecule has 1 fully saturated rings. The van der Waals surface area contributed by atoms with Gasteiger partial charge in [0.05, 0.1) is 5.88 Å². The number of hydrogen-bond acceptors (Lipinski definition) is 5. The Bertz CT molecular complexity index is 1250. The van der Waals surface area contributed by atoms with Crippen LogP contribution in [-0.4, -0.2) is 46.0 Å². The maximum absolute atomic E-state index is 13.5. The molecule has 36 heavy (non-hydrogen) atoms. The van der Waals surface area contributed by atoms with Crippen LogP contribution in [0, 0.1) is 0 Å². The lowest BCUT2D eigenvalue weighted by atomic mass is 10.00. The van der Waals surface area contributed by atoms with Crippen molar-refractivity contribution in [2.45, 2.75) is 23.6 Å². The number of fused-ring (bicyclic) bond motifs is 1. The third-order valence-electron chi connectivity index (χ3n) is 6.13. The topological polar surface area (TPSA) is 75.7 Å². The van der Waals surface area contributed by atoms with Crippen molar-refractivity contribution in [3.05, 3.63) is 119 Å². The summed E-state index contributed by atoms with van der Waals surface area (Å²) >= 11 is 7.51. The fourth-order valence-electron chi connectivity index (χ4n) is 4.33. The molecule has 8 heteroatoms. The first-order chi connectivity index (χ1) is 17.6. The Balaban J connectivity index is 1.37. The van der Waals surface area contributed by atoms with Crippen molar-refractivity contribution >= 4 is 41.1 Å². The summed E-state index contributed by atoms with van der Waals surface area (Å²) in [5, 5.41) is 2.35. The summed E-state index contributed by atoms with van der Waals surface area (Å²) in [4.78, 5) is 41.5. The molecule has 182 valence electrons. The van der Waals surface area contributed by atoms with E-state index in [4.69, 9.17) is 16.3 Å². The molecule has 0 radical (unpaired) electrons. The second kappa shape index (κ2) is 10.6. The molecule has 2 heterocycles. The molecule has 3 atom stereocenters. The molecule has 0 saturated carbocycles. The molecular formula is C28H23ClN2O4S. The molecule has 5 rings (SSSR count). The van der Waals surface area contributed by atoms with Gasteiger partial charge in [0.25, 0.3) is 5.91 Å². The number of β-lactam (4-membered cyclic amide) rings is 1. The number of nitrogens with one attached hydrogen (secondary N) is 1. The number of nitrogens with zero attached hydrogens (tertiary/aromatic N) is 1.